The Hall–Kier alpha value is -1.44. The first-order valence-electron chi connectivity index (χ1n) is 8.05. The number of hydrogen-bond acceptors (Lipinski definition) is 2. The Labute approximate surface area is 128 Å². The normalized spacial score (nSPS) is 21.4. The first kappa shape index (κ1) is 15.9. The second-order valence-electron chi connectivity index (χ2n) is 6.55. The molecule has 0 spiro atoms. The third-order valence-corrected chi connectivity index (χ3v) is 4.76. The van der Waals surface area contributed by atoms with Crippen LogP contribution < -0.4 is 4.74 Å². The highest BCUT2D eigenvalue weighted by Crippen LogP contribution is 2.44. The summed E-state index contributed by atoms with van der Waals surface area (Å²) in [6.45, 7) is 10.4. The number of hydrogen-bond donors (Lipinski definition) is 1. The van der Waals surface area contributed by atoms with Crippen molar-refractivity contribution in [3.05, 3.63) is 34.4 Å². The maximum Gasteiger partial charge on any atom is 0.127 e. The molecule has 2 rings (SSSR count). The van der Waals surface area contributed by atoms with Crippen molar-refractivity contribution in [2.24, 2.45) is 0 Å². The van der Waals surface area contributed by atoms with Crippen LogP contribution in [0.25, 0.3) is 0 Å². The minimum absolute atomic E-state index is 0.127. The van der Waals surface area contributed by atoms with Crippen LogP contribution in [0.5, 0.6) is 11.5 Å². The van der Waals surface area contributed by atoms with Crippen molar-refractivity contribution in [3.8, 4) is 11.5 Å². The van der Waals surface area contributed by atoms with Gasteiger partial charge in [-0.3, -0.25) is 0 Å². The van der Waals surface area contributed by atoms with Crippen LogP contribution in [0.15, 0.2) is 12.2 Å². The Bertz CT molecular complexity index is 557. The Kier molecular flexibility index (Phi) is 4.65. The zero-order chi connectivity index (χ0) is 15.6. The molecule has 2 nitrogen and oxygen atoms in total. The van der Waals surface area contributed by atoms with E-state index in [2.05, 4.69) is 26.0 Å². The highest BCUT2D eigenvalue weighted by molar-refractivity contribution is 5.58. The molecule has 0 fully saturated rings. The van der Waals surface area contributed by atoms with Gasteiger partial charge in [-0.15, -0.1) is 0 Å². The SMILES string of the molecule is CCC/C=C/C[C@]1(C)CCc2c(C)c(O)c(C)c(C)c2O1. The molecule has 2 heteroatoms. The minimum atomic E-state index is -0.127. The van der Waals surface area contributed by atoms with Gasteiger partial charge >= 0.3 is 0 Å². The molecule has 1 aromatic rings. The Morgan fingerprint density at radius 1 is 1.14 bits per heavy atom. The first-order valence-corrected chi connectivity index (χ1v) is 8.05. The molecule has 1 heterocycles. The summed E-state index contributed by atoms with van der Waals surface area (Å²) in [7, 11) is 0. The average Bonchev–Trinajstić information content (AvgIpc) is 2.47. The third kappa shape index (κ3) is 3.09. The van der Waals surface area contributed by atoms with Crippen molar-refractivity contribution in [2.45, 2.75) is 72.3 Å². The van der Waals surface area contributed by atoms with Crippen molar-refractivity contribution in [1.29, 1.82) is 0 Å². The molecule has 0 amide bonds. The van der Waals surface area contributed by atoms with E-state index in [9.17, 15) is 5.11 Å². The zero-order valence-corrected chi connectivity index (χ0v) is 14.0. The maximum absolute atomic E-state index is 10.2. The van der Waals surface area contributed by atoms with Crippen LogP contribution in [0.4, 0.5) is 0 Å². The highest BCUT2D eigenvalue weighted by atomic mass is 16.5. The van der Waals surface area contributed by atoms with Crippen LogP contribution in [-0.4, -0.2) is 10.7 Å². The van der Waals surface area contributed by atoms with E-state index in [4.69, 9.17) is 4.74 Å². The van der Waals surface area contributed by atoms with Crippen molar-refractivity contribution in [2.75, 3.05) is 0 Å². The summed E-state index contributed by atoms with van der Waals surface area (Å²) in [4.78, 5) is 0. The fraction of sp³-hybridized carbons (Fsp3) is 0.579. The Morgan fingerprint density at radius 2 is 1.86 bits per heavy atom. The van der Waals surface area contributed by atoms with Crippen LogP contribution in [0.2, 0.25) is 0 Å². The molecule has 1 N–H and O–H groups in total. The lowest BCUT2D eigenvalue weighted by atomic mass is 9.85. The van der Waals surface area contributed by atoms with E-state index in [0.29, 0.717) is 5.75 Å². The van der Waals surface area contributed by atoms with Crippen molar-refractivity contribution >= 4 is 0 Å². The molecule has 1 aromatic carbocycles. The second-order valence-corrected chi connectivity index (χ2v) is 6.55. The van der Waals surface area contributed by atoms with Gasteiger partial charge < -0.3 is 9.84 Å². The van der Waals surface area contributed by atoms with Crippen molar-refractivity contribution < 1.29 is 9.84 Å². The van der Waals surface area contributed by atoms with Crippen LogP contribution in [0, 0.1) is 20.8 Å². The molecule has 0 bridgehead atoms. The highest BCUT2D eigenvalue weighted by Gasteiger charge is 2.33. The lowest BCUT2D eigenvalue weighted by Crippen LogP contribution is -2.36. The molecule has 0 aliphatic carbocycles. The van der Waals surface area contributed by atoms with Gasteiger partial charge in [0.05, 0.1) is 0 Å². The van der Waals surface area contributed by atoms with Crippen LogP contribution >= 0.6 is 0 Å². The van der Waals surface area contributed by atoms with Gasteiger partial charge in [0.1, 0.15) is 17.1 Å². The topological polar surface area (TPSA) is 29.5 Å². The summed E-state index contributed by atoms with van der Waals surface area (Å²) in [6.07, 6.45) is 9.76. The summed E-state index contributed by atoms with van der Waals surface area (Å²) in [6, 6.07) is 0. The van der Waals surface area contributed by atoms with E-state index in [-0.39, 0.29) is 5.60 Å². The summed E-state index contributed by atoms with van der Waals surface area (Å²) in [5.41, 5.74) is 4.06. The van der Waals surface area contributed by atoms with E-state index in [1.165, 1.54) is 12.0 Å². The van der Waals surface area contributed by atoms with Gasteiger partial charge in [0.15, 0.2) is 0 Å². The molecule has 0 radical (unpaired) electrons. The molecule has 1 aliphatic heterocycles. The molecule has 0 saturated heterocycles. The monoisotopic (exact) mass is 288 g/mol. The van der Waals surface area contributed by atoms with Crippen LogP contribution in [0.3, 0.4) is 0 Å². The van der Waals surface area contributed by atoms with E-state index in [1.807, 2.05) is 20.8 Å². The predicted molar refractivity (Wildman–Crippen MR) is 88.3 cm³/mol. The van der Waals surface area contributed by atoms with E-state index in [0.717, 1.165) is 48.1 Å². The molecular weight excluding hydrogens is 260 g/mol. The van der Waals surface area contributed by atoms with Gasteiger partial charge in [-0.2, -0.15) is 0 Å². The molecule has 0 aromatic heterocycles. The van der Waals surface area contributed by atoms with Gasteiger partial charge in [-0.05, 0) is 63.6 Å². The van der Waals surface area contributed by atoms with Gasteiger partial charge in [0.25, 0.3) is 0 Å². The number of rotatable bonds is 4. The molecule has 0 unspecified atom stereocenters. The largest absolute Gasteiger partial charge is 0.507 e. The number of benzene rings is 1. The molecule has 0 saturated carbocycles. The van der Waals surface area contributed by atoms with E-state index >= 15 is 0 Å². The average molecular weight is 288 g/mol. The minimum Gasteiger partial charge on any atom is -0.507 e. The lowest BCUT2D eigenvalue weighted by molar-refractivity contribution is 0.0666. The summed E-state index contributed by atoms with van der Waals surface area (Å²) < 4.78 is 6.38. The summed E-state index contributed by atoms with van der Waals surface area (Å²) in [5.74, 6) is 1.43. The molecule has 21 heavy (non-hydrogen) atoms. The lowest BCUT2D eigenvalue weighted by Gasteiger charge is -2.37. The third-order valence-electron chi connectivity index (χ3n) is 4.76. The number of ether oxygens (including phenoxy) is 1. The van der Waals surface area contributed by atoms with E-state index < -0.39 is 0 Å². The number of allylic oxidation sites excluding steroid dienone is 1. The fourth-order valence-corrected chi connectivity index (χ4v) is 3.06. The quantitative estimate of drug-likeness (QED) is 0.777. The second kappa shape index (κ2) is 6.13. The van der Waals surface area contributed by atoms with E-state index in [1.54, 1.807) is 0 Å². The van der Waals surface area contributed by atoms with Gasteiger partial charge in [-0.25, -0.2) is 0 Å². The number of aromatic hydroxyl groups is 1. The summed E-state index contributed by atoms with van der Waals surface area (Å²) in [5, 5.41) is 10.2. The number of fused-ring (bicyclic) bond motifs is 1. The number of unbranched alkanes of at least 4 members (excludes halogenated alkanes) is 1. The van der Waals surface area contributed by atoms with Crippen LogP contribution in [0.1, 0.15) is 61.8 Å². The van der Waals surface area contributed by atoms with Gasteiger partial charge in [0, 0.05) is 12.0 Å². The van der Waals surface area contributed by atoms with Gasteiger partial charge in [0.2, 0.25) is 0 Å². The Balaban J connectivity index is 2.28. The predicted octanol–water partition coefficient (Wildman–Crippen LogP) is 5.15. The molecular formula is C19H28O2. The summed E-state index contributed by atoms with van der Waals surface area (Å²) >= 11 is 0. The molecule has 116 valence electrons. The molecule has 1 aliphatic rings. The van der Waals surface area contributed by atoms with Crippen molar-refractivity contribution in [3.63, 3.8) is 0 Å². The van der Waals surface area contributed by atoms with Gasteiger partial charge in [-0.1, -0.05) is 25.5 Å². The Morgan fingerprint density at radius 3 is 2.52 bits per heavy atom. The zero-order valence-electron chi connectivity index (χ0n) is 14.0. The first-order chi connectivity index (χ1) is 9.89. The molecule has 1 atom stereocenters. The van der Waals surface area contributed by atoms with Crippen molar-refractivity contribution in [1.82, 2.24) is 0 Å². The fourth-order valence-electron chi connectivity index (χ4n) is 3.06. The standard InChI is InChI=1S/C19H28O2/c1-6-7-8-9-11-19(5)12-10-16-15(4)17(20)13(2)14(3)18(16)21-19/h8-9,20H,6-7,10-12H2,1-5H3/b9-8+/t19-/m1/s1. The number of phenols is 1. The number of phenolic OH excluding ortho intramolecular Hbond substituents is 1. The maximum atomic E-state index is 10.2. The van der Waals surface area contributed by atoms with Crippen LogP contribution in [-0.2, 0) is 6.42 Å². The smallest absolute Gasteiger partial charge is 0.127 e.